The standard InChI is InChI=1S/C8H10ClN3/c1-8(2-3-8)12-7-5-10-4-6(9)11-7/h4-5H,2-3H2,1H3,(H,11,12). The summed E-state index contributed by atoms with van der Waals surface area (Å²) in [6, 6.07) is 0. The number of anilines is 1. The van der Waals surface area contributed by atoms with Gasteiger partial charge in [-0.2, -0.15) is 0 Å². The van der Waals surface area contributed by atoms with Crippen LogP contribution in [0.4, 0.5) is 5.82 Å². The molecule has 1 N–H and O–H groups in total. The van der Waals surface area contributed by atoms with Crippen molar-refractivity contribution >= 4 is 17.4 Å². The molecule has 0 spiro atoms. The van der Waals surface area contributed by atoms with Crippen LogP contribution >= 0.6 is 11.6 Å². The maximum Gasteiger partial charge on any atom is 0.149 e. The molecule has 1 aliphatic rings. The fourth-order valence-corrected chi connectivity index (χ4v) is 1.17. The van der Waals surface area contributed by atoms with Gasteiger partial charge in [0, 0.05) is 5.54 Å². The Balaban J connectivity index is 2.12. The van der Waals surface area contributed by atoms with Gasteiger partial charge < -0.3 is 5.32 Å². The maximum atomic E-state index is 5.68. The van der Waals surface area contributed by atoms with Gasteiger partial charge >= 0.3 is 0 Å². The molecule has 1 saturated carbocycles. The molecule has 0 unspecified atom stereocenters. The van der Waals surface area contributed by atoms with Crippen molar-refractivity contribution < 1.29 is 0 Å². The highest BCUT2D eigenvalue weighted by Crippen LogP contribution is 2.37. The number of nitrogens with zero attached hydrogens (tertiary/aromatic N) is 2. The summed E-state index contributed by atoms with van der Waals surface area (Å²) < 4.78 is 0. The number of hydrogen-bond acceptors (Lipinski definition) is 3. The van der Waals surface area contributed by atoms with Gasteiger partial charge in [-0.15, -0.1) is 0 Å². The van der Waals surface area contributed by atoms with Crippen LogP contribution in [-0.2, 0) is 0 Å². The number of rotatable bonds is 2. The Morgan fingerprint density at radius 2 is 2.25 bits per heavy atom. The fraction of sp³-hybridized carbons (Fsp3) is 0.500. The fourth-order valence-electron chi connectivity index (χ4n) is 1.02. The highest BCUT2D eigenvalue weighted by molar-refractivity contribution is 6.29. The molecule has 0 radical (unpaired) electrons. The lowest BCUT2D eigenvalue weighted by Crippen LogP contribution is -2.16. The molecular weight excluding hydrogens is 174 g/mol. The molecule has 0 saturated heterocycles. The first kappa shape index (κ1) is 7.80. The van der Waals surface area contributed by atoms with Crippen LogP contribution in [0.15, 0.2) is 12.4 Å². The zero-order valence-corrected chi connectivity index (χ0v) is 7.60. The Hall–Kier alpha value is -0.830. The number of nitrogens with one attached hydrogen (secondary N) is 1. The highest BCUT2D eigenvalue weighted by Gasteiger charge is 2.37. The topological polar surface area (TPSA) is 37.8 Å². The Bertz CT molecular complexity index is 296. The monoisotopic (exact) mass is 183 g/mol. The summed E-state index contributed by atoms with van der Waals surface area (Å²) in [5.74, 6) is 0.766. The molecular formula is C8H10ClN3. The van der Waals surface area contributed by atoms with Gasteiger partial charge in [0.15, 0.2) is 0 Å². The average Bonchev–Trinajstić information content (AvgIpc) is 2.67. The third-order valence-corrected chi connectivity index (χ3v) is 2.22. The predicted molar refractivity (Wildman–Crippen MR) is 48.3 cm³/mol. The number of aromatic nitrogens is 2. The molecule has 1 fully saturated rings. The van der Waals surface area contributed by atoms with Crippen molar-refractivity contribution in [1.82, 2.24) is 9.97 Å². The molecule has 0 aromatic carbocycles. The van der Waals surface area contributed by atoms with Crippen molar-refractivity contribution in [3.8, 4) is 0 Å². The van der Waals surface area contributed by atoms with Gasteiger partial charge in [0.2, 0.25) is 0 Å². The Morgan fingerprint density at radius 1 is 1.50 bits per heavy atom. The molecule has 0 atom stereocenters. The SMILES string of the molecule is CC1(Nc2cncc(Cl)n2)CC1. The van der Waals surface area contributed by atoms with Crippen LogP contribution < -0.4 is 5.32 Å². The summed E-state index contributed by atoms with van der Waals surface area (Å²) in [6.07, 6.45) is 5.61. The van der Waals surface area contributed by atoms with Gasteiger partial charge in [-0.3, -0.25) is 4.98 Å². The van der Waals surface area contributed by atoms with E-state index in [9.17, 15) is 0 Å². The van der Waals surface area contributed by atoms with Crippen LogP contribution in [0.2, 0.25) is 5.15 Å². The summed E-state index contributed by atoms with van der Waals surface area (Å²) in [4.78, 5) is 8.03. The first-order valence-electron chi connectivity index (χ1n) is 3.94. The van der Waals surface area contributed by atoms with Crippen molar-refractivity contribution in [1.29, 1.82) is 0 Å². The molecule has 12 heavy (non-hydrogen) atoms. The molecule has 1 heterocycles. The zero-order chi connectivity index (χ0) is 8.60. The van der Waals surface area contributed by atoms with E-state index in [0.29, 0.717) is 5.15 Å². The second kappa shape index (κ2) is 2.59. The van der Waals surface area contributed by atoms with Gasteiger partial charge in [-0.1, -0.05) is 11.6 Å². The molecule has 1 aromatic rings. The molecule has 1 aromatic heterocycles. The quantitative estimate of drug-likeness (QED) is 0.763. The van der Waals surface area contributed by atoms with Gasteiger partial charge in [0.05, 0.1) is 12.4 Å². The van der Waals surface area contributed by atoms with Crippen molar-refractivity contribution in [2.24, 2.45) is 0 Å². The van der Waals surface area contributed by atoms with E-state index in [1.807, 2.05) is 0 Å². The van der Waals surface area contributed by atoms with E-state index in [2.05, 4.69) is 22.2 Å². The van der Waals surface area contributed by atoms with Crippen molar-refractivity contribution in [3.63, 3.8) is 0 Å². The molecule has 2 rings (SSSR count). The minimum Gasteiger partial charge on any atom is -0.364 e. The van der Waals surface area contributed by atoms with Gasteiger partial charge in [-0.05, 0) is 19.8 Å². The van der Waals surface area contributed by atoms with Crippen molar-refractivity contribution in [2.45, 2.75) is 25.3 Å². The highest BCUT2D eigenvalue weighted by atomic mass is 35.5. The van der Waals surface area contributed by atoms with Crippen LogP contribution in [0, 0.1) is 0 Å². The molecule has 0 bridgehead atoms. The Labute approximate surface area is 76.2 Å². The predicted octanol–water partition coefficient (Wildman–Crippen LogP) is 2.09. The van der Waals surface area contributed by atoms with Crippen LogP contribution in [0.1, 0.15) is 19.8 Å². The largest absolute Gasteiger partial charge is 0.364 e. The molecule has 3 nitrogen and oxygen atoms in total. The second-order valence-corrected chi connectivity index (χ2v) is 3.80. The summed E-state index contributed by atoms with van der Waals surface area (Å²) in [5, 5.41) is 3.71. The van der Waals surface area contributed by atoms with Crippen LogP contribution in [0.5, 0.6) is 0 Å². The van der Waals surface area contributed by atoms with Gasteiger partial charge in [0.1, 0.15) is 11.0 Å². The van der Waals surface area contributed by atoms with E-state index >= 15 is 0 Å². The first-order chi connectivity index (χ1) is 5.68. The molecule has 0 aliphatic heterocycles. The number of halogens is 1. The van der Waals surface area contributed by atoms with Crippen LogP contribution in [-0.4, -0.2) is 15.5 Å². The lowest BCUT2D eigenvalue weighted by Gasteiger charge is -2.10. The smallest absolute Gasteiger partial charge is 0.149 e. The average molecular weight is 184 g/mol. The molecule has 64 valence electrons. The molecule has 0 amide bonds. The van der Waals surface area contributed by atoms with Crippen molar-refractivity contribution in [3.05, 3.63) is 17.5 Å². The normalized spacial score (nSPS) is 18.8. The van der Waals surface area contributed by atoms with E-state index in [4.69, 9.17) is 11.6 Å². The van der Waals surface area contributed by atoms with E-state index in [1.54, 1.807) is 6.20 Å². The van der Waals surface area contributed by atoms with E-state index in [-0.39, 0.29) is 5.54 Å². The summed E-state index contributed by atoms with van der Waals surface area (Å²) in [5.41, 5.74) is 0.235. The molecule has 1 aliphatic carbocycles. The van der Waals surface area contributed by atoms with Gasteiger partial charge in [0.25, 0.3) is 0 Å². The van der Waals surface area contributed by atoms with Gasteiger partial charge in [-0.25, -0.2) is 4.98 Å². The van der Waals surface area contributed by atoms with Crippen molar-refractivity contribution in [2.75, 3.05) is 5.32 Å². The van der Waals surface area contributed by atoms with E-state index in [0.717, 1.165) is 5.82 Å². The Morgan fingerprint density at radius 3 is 2.83 bits per heavy atom. The maximum absolute atomic E-state index is 5.68. The minimum absolute atomic E-state index is 0.235. The Kier molecular flexibility index (Phi) is 1.68. The minimum atomic E-state index is 0.235. The lowest BCUT2D eigenvalue weighted by atomic mass is 10.3. The van der Waals surface area contributed by atoms with Crippen LogP contribution in [0.3, 0.4) is 0 Å². The lowest BCUT2D eigenvalue weighted by molar-refractivity contribution is 0.819. The third kappa shape index (κ3) is 1.67. The third-order valence-electron chi connectivity index (χ3n) is 2.03. The summed E-state index contributed by atoms with van der Waals surface area (Å²) in [7, 11) is 0. The number of hydrogen-bond donors (Lipinski definition) is 1. The molecule has 4 heteroatoms. The van der Waals surface area contributed by atoms with Crippen LogP contribution in [0.25, 0.3) is 0 Å². The first-order valence-corrected chi connectivity index (χ1v) is 4.32. The second-order valence-electron chi connectivity index (χ2n) is 3.41. The summed E-state index contributed by atoms with van der Waals surface area (Å²) in [6.45, 7) is 2.16. The zero-order valence-electron chi connectivity index (χ0n) is 6.84. The summed E-state index contributed by atoms with van der Waals surface area (Å²) >= 11 is 5.68. The van der Waals surface area contributed by atoms with E-state index < -0.39 is 0 Å². The van der Waals surface area contributed by atoms with E-state index in [1.165, 1.54) is 19.0 Å².